The summed E-state index contributed by atoms with van der Waals surface area (Å²) in [4.78, 5) is 33.9. The molecule has 1 N–H and O–H groups in total. The lowest BCUT2D eigenvalue weighted by Gasteiger charge is -1.91. The molecule has 3 aromatic rings. The Balaban J connectivity index is 0. The van der Waals surface area contributed by atoms with Crippen LogP contribution < -0.4 is 5.56 Å². The van der Waals surface area contributed by atoms with E-state index < -0.39 is 0 Å². The van der Waals surface area contributed by atoms with E-state index in [0.29, 0.717) is 5.39 Å². The minimum absolute atomic E-state index is 0.0712. The fourth-order valence-electron chi connectivity index (χ4n) is 2.07. The second-order valence-corrected chi connectivity index (χ2v) is 5.01. The SMILES string of the molecule is C=O.C=O.CC.Cc1ccc(C)cc1.Cc1cn(C)c2nc[nH]c(=O)c12. The number of fused-ring (bicyclic) bond motifs is 1. The van der Waals surface area contributed by atoms with Crippen molar-refractivity contribution in [3.8, 4) is 0 Å². The largest absolute Gasteiger partial charge is 0.335 e. The van der Waals surface area contributed by atoms with Crippen LogP contribution in [0.5, 0.6) is 0 Å². The number of carbonyl (C=O) groups is 2. The van der Waals surface area contributed by atoms with Gasteiger partial charge in [-0.15, -0.1) is 0 Å². The fraction of sp³-hybridized carbons (Fsp3) is 0.300. The summed E-state index contributed by atoms with van der Waals surface area (Å²) in [6, 6.07) is 8.48. The maximum atomic E-state index is 11.3. The predicted molar refractivity (Wildman–Crippen MR) is 108 cm³/mol. The van der Waals surface area contributed by atoms with Crippen molar-refractivity contribution < 1.29 is 9.59 Å². The third kappa shape index (κ3) is 7.70. The molecule has 0 aliphatic carbocycles. The van der Waals surface area contributed by atoms with Crippen molar-refractivity contribution >= 4 is 24.6 Å². The van der Waals surface area contributed by atoms with Gasteiger partial charge in [-0.1, -0.05) is 49.2 Å². The van der Waals surface area contributed by atoms with Crippen molar-refractivity contribution in [2.45, 2.75) is 34.6 Å². The number of hydrogen-bond acceptors (Lipinski definition) is 4. The van der Waals surface area contributed by atoms with E-state index in [2.05, 4.69) is 48.1 Å². The van der Waals surface area contributed by atoms with E-state index in [0.717, 1.165) is 11.2 Å². The summed E-state index contributed by atoms with van der Waals surface area (Å²) in [7, 11) is 1.88. The zero-order valence-corrected chi connectivity index (χ0v) is 16.5. The smallest absolute Gasteiger partial charge is 0.260 e. The molecule has 0 radical (unpaired) electrons. The maximum absolute atomic E-state index is 11.3. The average Bonchev–Trinajstić information content (AvgIpc) is 2.98. The molecule has 6 nitrogen and oxygen atoms in total. The first kappa shape index (κ1) is 25.2. The lowest BCUT2D eigenvalue weighted by Crippen LogP contribution is -2.06. The van der Waals surface area contributed by atoms with Crippen LogP contribution in [0, 0.1) is 20.8 Å². The van der Waals surface area contributed by atoms with Gasteiger partial charge in [-0.3, -0.25) is 4.79 Å². The molecule has 0 unspecified atom stereocenters. The number of benzene rings is 1. The van der Waals surface area contributed by atoms with Gasteiger partial charge in [-0.05, 0) is 26.3 Å². The highest BCUT2D eigenvalue weighted by molar-refractivity contribution is 5.78. The van der Waals surface area contributed by atoms with Gasteiger partial charge >= 0.3 is 0 Å². The number of rotatable bonds is 0. The van der Waals surface area contributed by atoms with Gasteiger partial charge in [0, 0.05) is 13.2 Å². The zero-order valence-electron chi connectivity index (χ0n) is 16.5. The van der Waals surface area contributed by atoms with Gasteiger partial charge < -0.3 is 19.1 Å². The van der Waals surface area contributed by atoms with Gasteiger partial charge in [0.1, 0.15) is 19.2 Å². The first-order valence-electron chi connectivity index (χ1n) is 8.09. The summed E-state index contributed by atoms with van der Waals surface area (Å²) >= 11 is 0. The molecule has 1 aromatic carbocycles. The zero-order chi connectivity index (χ0) is 20.7. The van der Waals surface area contributed by atoms with Gasteiger partial charge in [0.15, 0.2) is 0 Å². The van der Waals surface area contributed by atoms with Crippen molar-refractivity contribution in [2.24, 2.45) is 7.05 Å². The van der Waals surface area contributed by atoms with Crippen molar-refractivity contribution in [1.82, 2.24) is 14.5 Å². The van der Waals surface area contributed by atoms with Crippen LogP contribution in [-0.2, 0) is 16.6 Å². The molecule has 2 heterocycles. The van der Waals surface area contributed by atoms with E-state index in [1.165, 1.54) is 17.5 Å². The normalized spacial score (nSPS) is 8.38. The lowest BCUT2D eigenvalue weighted by molar-refractivity contribution is -0.0987. The standard InChI is InChI=1S/C8H9N3O.C8H10.C2H6.2CH2O/c1-5-3-11(2)7-6(5)8(12)10-4-9-7;1-7-3-5-8(2)6-4-7;3*1-2/h3-4H,1-2H3,(H,9,10,12);3-6H,1-2H3;1-2H3;2*1H2. The average molecular weight is 359 g/mol. The highest BCUT2D eigenvalue weighted by Gasteiger charge is 2.06. The number of aryl methyl sites for hydroxylation is 4. The lowest BCUT2D eigenvalue weighted by atomic mass is 10.2. The van der Waals surface area contributed by atoms with Crippen molar-refractivity contribution in [1.29, 1.82) is 0 Å². The molecule has 0 saturated heterocycles. The van der Waals surface area contributed by atoms with Crippen LogP contribution in [0.4, 0.5) is 0 Å². The number of aromatic nitrogens is 3. The van der Waals surface area contributed by atoms with Crippen LogP contribution in [0.25, 0.3) is 11.0 Å². The summed E-state index contributed by atoms with van der Waals surface area (Å²) in [5.74, 6) is 0. The molecule has 2 aromatic heterocycles. The van der Waals surface area contributed by atoms with E-state index in [-0.39, 0.29) is 5.56 Å². The molecule has 0 bridgehead atoms. The highest BCUT2D eigenvalue weighted by atomic mass is 16.1. The number of H-pyrrole nitrogens is 1. The number of nitrogens with zero attached hydrogens (tertiary/aromatic N) is 2. The van der Waals surface area contributed by atoms with E-state index >= 15 is 0 Å². The molecule has 0 atom stereocenters. The minimum atomic E-state index is -0.0712. The minimum Gasteiger partial charge on any atom is -0.335 e. The second-order valence-electron chi connectivity index (χ2n) is 5.01. The summed E-state index contributed by atoms with van der Waals surface area (Å²) < 4.78 is 1.85. The van der Waals surface area contributed by atoms with Crippen LogP contribution >= 0.6 is 0 Å². The highest BCUT2D eigenvalue weighted by Crippen LogP contribution is 2.11. The molecule has 0 saturated carbocycles. The summed E-state index contributed by atoms with van der Waals surface area (Å²) in [6.07, 6.45) is 3.32. The van der Waals surface area contributed by atoms with Crippen LogP contribution in [-0.4, -0.2) is 28.1 Å². The Labute approximate surface area is 154 Å². The van der Waals surface area contributed by atoms with Gasteiger partial charge in [-0.25, -0.2) is 4.98 Å². The Morgan fingerprint density at radius 3 is 1.73 bits per heavy atom. The van der Waals surface area contributed by atoms with E-state index in [1.807, 2.05) is 52.2 Å². The van der Waals surface area contributed by atoms with Crippen LogP contribution in [0.1, 0.15) is 30.5 Å². The van der Waals surface area contributed by atoms with Crippen molar-refractivity contribution in [3.05, 3.63) is 63.8 Å². The number of nitrogens with one attached hydrogen (secondary N) is 1. The molecule has 0 fully saturated rings. The molecule has 3 rings (SSSR count). The summed E-state index contributed by atoms with van der Waals surface area (Å²) in [5, 5.41) is 0.681. The number of hydrogen-bond donors (Lipinski definition) is 1. The molecular weight excluding hydrogens is 330 g/mol. The summed E-state index contributed by atoms with van der Waals surface area (Å²) in [6.45, 7) is 14.1. The number of aromatic amines is 1. The third-order valence-corrected chi connectivity index (χ3v) is 3.17. The van der Waals surface area contributed by atoms with Gasteiger partial charge in [-0.2, -0.15) is 0 Å². The first-order valence-corrected chi connectivity index (χ1v) is 8.09. The molecule has 26 heavy (non-hydrogen) atoms. The van der Waals surface area contributed by atoms with Gasteiger partial charge in [0.25, 0.3) is 5.56 Å². The predicted octanol–water partition coefficient (Wildman–Crippen LogP) is 3.53. The third-order valence-electron chi connectivity index (χ3n) is 3.17. The van der Waals surface area contributed by atoms with E-state index in [9.17, 15) is 4.79 Å². The fourth-order valence-corrected chi connectivity index (χ4v) is 2.07. The van der Waals surface area contributed by atoms with E-state index in [1.54, 1.807) is 0 Å². The Bertz CT molecular complexity index is 782. The van der Waals surface area contributed by atoms with Crippen LogP contribution in [0.2, 0.25) is 0 Å². The van der Waals surface area contributed by atoms with Crippen molar-refractivity contribution in [2.75, 3.05) is 0 Å². The van der Waals surface area contributed by atoms with Crippen molar-refractivity contribution in [3.63, 3.8) is 0 Å². The molecule has 0 amide bonds. The maximum Gasteiger partial charge on any atom is 0.260 e. The summed E-state index contributed by atoms with van der Waals surface area (Å²) in [5.41, 5.74) is 4.28. The molecule has 6 heteroatoms. The van der Waals surface area contributed by atoms with Crippen LogP contribution in [0.3, 0.4) is 0 Å². The molecule has 142 valence electrons. The van der Waals surface area contributed by atoms with Gasteiger partial charge in [0.2, 0.25) is 0 Å². The first-order chi connectivity index (χ1) is 12.5. The molecule has 0 spiro atoms. The number of carbonyl (C=O) groups excluding carboxylic acids is 2. The Hall–Kier alpha value is -3.02. The monoisotopic (exact) mass is 359 g/mol. The molecule has 0 aliphatic heterocycles. The van der Waals surface area contributed by atoms with Crippen LogP contribution in [0.15, 0.2) is 41.6 Å². The topological polar surface area (TPSA) is 84.8 Å². The van der Waals surface area contributed by atoms with Gasteiger partial charge in [0.05, 0.1) is 11.7 Å². The quantitative estimate of drug-likeness (QED) is 0.665. The Morgan fingerprint density at radius 1 is 0.923 bits per heavy atom. The Kier molecular flexibility index (Phi) is 13.9. The molecule has 0 aliphatic rings. The molecular formula is C20H29N3O3. The van der Waals surface area contributed by atoms with E-state index in [4.69, 9.17) is 9.59 Å². The Morgan fingerprint density at radius 2 is 1.35 bits per heavy atom. The second kappa shape index (κ2) is 14.3.